The van der Waals surface area contributed by atoms with Crippen LogP contribution in [0.1, 0.15) is 9.67 Å². The van der Waals surface area contributed by atoms with Gasteiger partial charge in [0.2, 0.25) is 0 Å². The number of fused-ring (bicyclic) bond motifs is 1. The fourth-order valence-electron chi connectivity index (χ4n) is 3.14. The van der Waals surface area contributed by atoms with Crippen LogP contribution in [0, 0.1) is 10.1 Å². The summed E-state index contributed by atoms with van der Waals surface area (Å²) in [6, 6.07) is 8.49. The highest BCUT2D eigenvalue weighted by atomic mass is 32.1. The van der Waals surface area contributed by atoms with Gasteiger partial charge in [0.15, 0.2) is 5.13 Å². The number of piperazine rings is 1. The molecule has 0 radical (unpaired) electrons. The van der Waals surface area contributed by atoms with Gasteiger partial charge in [0, 0.05) is 51.4 Å². The van der Waals surface area contributed by atoms with E-state index in [0.717, 1.165) is 52.9 Å². The number of anilines is 1. The van der Waals surface area contributed by atoms with Crippen molar-refractivity contribution in [3.63, 3.8) is 0 Å². The van der Waals surface area contributed by atoms with Crippen molar-refractivity contribution in [2.75, 3.05) is 44.2 Å². The number of rotatable bonds is 6. The maximum absolute atomic E-state index is 12.0. The number of carbonyl (C=O) groups excluding carboxylic acids is 1. The van der Waals surface area contributed by atoms with E-state index >= 15 is 0 Å². The first kappa shape index (κ1) is 18.8. The SMILES string of the molecule is O=C(NCCN1CCN(c2nc3ccc([N+](=O)[O-])cc3s2)CC1)c1cccs1. The number of aromatic nitrogens is 1. The van der Waals surface area contributed by atoms with Crippen LogP contribution in [0.3, 0.4) is 0 Å². The number of benzene rings is 1. The summed E-state index contributed by atoms with van der Waals surface area (Å²) in [6.07, 6.45) is 0. The minimum atomic E-state index is -0.380. The molecule has 0 atom stereocenters. The number of amides is 1. The van der Waals surface area contributed by atoms with Gasteiger partial charge in [-0.3, -0.25) is 19.8 Å². The first-order valence-electron chi connectivity index (χ1n) is 8.94. The highest BCUT2D eigenvalue weighted by Crippen LogP contribution is 2.31. The lowest BCUT2D eigenvalue weighted by atomic mass is 10.3. The van der Waals surface area contributed by atoms with Crippen molar-refractivity contribution in [3.05, 3.63) is 50.7 Å². The van der Waals surface area contributed by atoms with Gasteiger partial charge < -0.3 is 10.2 Å². The molecule has 3 aromatic rings. The second-order valence-corrected chi connectivity index (χ2v) is 8.42. The Kier molecular flexibility index (Phi) is 5.51. The van der Waals surface area contributed by atoms with Gasteiger partial charge in [-0.05, 0) is 17.5 Å². The molecule has 4 rings (SSSR count). The molecule has 0 spiro atoms. The number of nitro benzene ring substituents is 1. The number of nitrogens with zero attached hydrogens (tertiary/aromatic N) is 4. The van der Waals surface area contributed by atoms with Crippen molar-refractivity contribution < 1.29 is 9.72 Å². The fraction of sp³-hybridized carbons (Fsp3) is 0.333. The minimum absolute atomic E-state index is 0.0165. The van der Waals surface area contributed by atoms with E-state index in [1.165, 1.54) is 28.7 Å². The Balaban J connectivity index is 1.28. The smallest absolute Gasteiger partial charge is 0.270 e. The molecule has 1 saturated heterocycles. The predicted molar refractivity (Wildman–Crippen MR) is 112 cm³/mol. The van der Waals surface area contributed by atoms with E-state index in [-0.39, 0.29) is 16.5 Å². The Morgan fingerprint density at radius 3 is 2.79 bits per heavy atom. The number of hydrogen-bond donors (Lipinski definition) is 1. The number of thiazole rings is 1. The molecule has 0 unspecified atom stereocenters. The maximum Gasteiger partial charge on any atom is 0.270 e. The number of non-ortho nitro benzene ring substituents is 1. The first-order valence-corrected chi connectivity index (χ1v) is 10.6. The van der Waals surface area contributed by atoms with Gasteiger partial charge in [0.1, 0.15) is 0 Å². The van der Waals surface area contributed by atoms with Crippen LogP contribution in [0.15, 0.2) is 35.7 Å². The molecule has 1 amide bonds. The molecule has 2 aromatic heterocycles. The van der Waals surface area contributed by atoms with Crippen molar-refractivity contribution >= 4 is 49.6 Å². The van der Waals surface area contributed by atoms with E-state index in [2.05, 4.69) is 20.1 Å². The van der Waals surface area contributed by atoms with Crippen LogP contribution in [0.25, 0.3) is 10.2 Å². The second-order valence-electron chi connectivity index (χ2n) is 6.47. The Hall–Kier alpha value is -2.56. The van der Waals surface area contributed by atoms with Gasteiger partial charge in [-0.2, -0.15) is 0 Å². The third-order valence-corrected chi connectivity index (χ3v) is 6.62. The van der Waals surface area contributed by atoms with Crippen LogP contribution in [-0.2, 0) is 0 Å². The van der Waals surface area contributed by atoms with E-state index in [1.54, 1.807) is 12.1 Å². The fourth-order valence-corrected chi connectivity index (χ4v) is 4.83. The molecule has 1 aliphatic rings. The largest absolute Gasteiger partial charge is 0.350 e. The standard InChI is InChI=1S/C18H19N5O3S2/c24-17(15-2-1-11-27-15)19-5-6-21-7-9-22(10-8-21)18-20-14-4-3-13(23(25)26)12-16(14)28-18/h1-4,11-12H,5-10H2,(H,19,24). The molecule has 10 heteroatoms. The van der Waals surface area contributed by atoms with Crippen molar-refractivity contribution in [1.82, 2.24) is 15.2 Å². The van der Waals surface area contributed by atoms with E-state index in [0.29, 0.717) is 6.54 Å². The zero-order chi connectivity index (χ0) is 19.5. The topological polar surface area (TPSA) is 91.6 Å². The van der Waals surface area contributed by atoms with Crippen molar-refractivity contribution in [2.45, 2.75) is 0 Å². The summed E-state index contributed by atoms with van der Waals surface area (Å²) in [6.45, 7) is 4.93. The maximum atomic E-state index is 12.0. The van der Waals surface area contributed by atoms with E-state index in [4.69, 9.17) is 0 Å². The van der Waals surface area contributed by atoms with Crippen molar-refractivity contribution in [1.29, 1.82) is 0 Å². The molecule has 0 bridgehead atoms. The van der Waals surface area contributed by atoms with Gasteiger partial charge in [-0.15, -0.1) is 11.3 Å². The van der Waals surface area contributed by atoms with Crippen molar-refractivity contribution in [2.24, 2.45) is 0 Å². The summed E-state index contributed by atoms with van der Waals surface area (Å²) in [5.41, 5.74) is 0.890. The molecule has 1 fully saturated rings. The highest BCUT2D eigenvalue weighted by Gasteiger charge is 2.20. The molecule has 8 nitrogen and oxygen atoms in total. The second kappa shape index (κ2) is 8.21. The van der Waals surface area contributed by atoms with Crippen LogP contribution in [0.4, 0.5) is 10.8 Å². The molecule has 0 saturated carbocycles. The summed E-state index contributed by atoms with van der Waals surface area (Å²) < 4.78 is 0.836. The lowest BCUT2D eigenvalue weighted by Gasteiger charge is -2.34. The molecule has 146 valence electrons. The number of nitrogens with one attached hydrogen (secondary N) is 1. The zero-order valence-corrected chi connectivity index (χ0v) is 16.7. The van der Waals surface area contributed by atoms with Crippen LogP contribution < -0.4 is 10.2 Å². The average molecular weight is 418 g/mol. The lowest BCUT2D eigenvalue weighted by Crippen LogP contribution is -2.48. The van der Waals surface area contributed by atoms with E-state index in [9.17, 15) is 14.9 Å². The summed E-state index contributed by atoms with van der Waals surface area (Å²) in [4.78, 5) is 32.4. The highest BCUT2D eigenvalue weighted by molar-refractivity contribution is 7.22. The zero-order valence-electron chi connectivity index (χ0n) is 15.0. The Labute approximate surface area is 169 Å². The van der Waals surface area contributed by atoms with Gasteiger partial charge in [-0.1, -0.05) is 17.4 Å². The molecular weight excluding hydrogens is 398 g/mol. The third kappa shape index (κ3) is 4.13. The van der Waals surface area contributed by atoms with Gasteiger partial charge in [0.25, 0.3) is 11.6 Å². The molecule has 1 aromatic carbocycles. The quantitative estimate of drug-likeness (QED) is 0.490. The molecule has 28 heavy (non-hydrogen) atoms. The summed E-state index contributed by atoms with van der Waals surface area (Å²) in [5, 5.41) is 16.7. The molecule has 3 heterocycles. The predicted octanol–water partition coefficient (Wildman–Crippen LogP) is 2.82. The summed E-state index contributed by atoms with van der Waals surface area (Å²) in [5.74, 6) is -0.0165. The van der Waals surface area contributed by atoms with Gasteiger partial charge >= 0.3 is 0 Å². The Morgan fingerprint density at radius 1 is 1.25 bits per heavy atom. The van der Waals surface area contributed by atoms with Gasteiger partial charge in [0.05, 0.1) is 20.0 Å². The molecule has 0 aliphatic carbocycles. The van der Waals surface area contributed by atoms with Crippen LogP contribution in [0.2, 0.25) is 0 Å². The van der Waals surface area contributed by atoms with Gasteiger partial charge in [-0.25, -0.2) is 4.98 Å². The monoisotopic (exact) mass is 417 g/mol. The van der Waals surface area contributed by atoms with E-state index < -0.39 is 0 Å². The normalized spacial score (nSPS) is 15.1. The molecule has 1 N–H and O–H groups in total. The van der Waals surface area contributed by atoms with Crippen LogP contribution in [-0.4, -0.2) is 60.0 Å². The third-order valence-electron chi connectivity index (χ3n) is 4.67. The number of carbonyl (C=O) groups is 1. The molecule has 1 aliphatic heterocycles. The molecular formula is C18H19N5O3S2. The van der Waals surface area contributed by atoms with E-state index in [1.807, 2.05) is 17.5 Å². The number of thiophene rings is 1. The Bertz CT molecular complexity index is 980. The average Bonchev–Trinajstić information content (AvgIpc) is 3.37. The first-order chi connectivity index (χ1) is 13.6. The lowest BCUT2D eigenvalue weighted by molar-refractivity contribution is -0.384. The number of nitro groups is 1. The number of hydrogen-bond acceptors (Lipinski definition) is 8. The Morgan fingerprint density at radius 2 is 2.07 bits per heavy atom. The minimum Gasteiger partial charge on any atom is -0.350 e. The summed E-state index contributed by atoms with van der Waals surface area (Å²) >= 11 is 2.94. The van der Waals surface area contributed by atoms with Crippen LogP contribution in [0.5, 0.6) is 0 Å². The van der Waals surface area contributed by atoms with Crippen molar-refractivity contribution in [3.8, 4) is 0 Å². The summed E-state index contributed by atoms with van der Waals surface area (Å²) in [7, 11) is 0. The van der Waals surface area contributed by atoms with Crippen LogP contribution >= 0.6 is 22.7 Å².